The number of sulfonamides is 1. The number of nitrogens with one attached hydrogen (secondary N) is 1. The molecule has 1 fully saturated rings. The first-order valence-corrected chi connectivity index (χ1v) is 8.81. The minimum Gasteiger partial charge on any atom is -0.313 e. The summed E-state index contributed by atoms with van der Waals surface area (Å²) in [5.74, 6) is 0. The number of hydrogen-bond acceptors (Lipinski definition) is 6. The summed E-state index contributed by atoms with van der Waals surface area (Å²) in [6, 6.07) is 8.30. The monoisotopic (exact) mass is 348 g/mol. The topological polar surface area (TPSA) is 105 Å². The van der Waals surface area contributed by atoms with Crippen LogP contribution in [-0.4, -0.2) is 42.3 Å². The van der Waals surface area contributed by atoms with Crippen molar-refractivity contribution in [2.75, 3.05) is 19.6 Å². The first-order valence-electron chi connectivity index (χ1n) is 7.37. The Morgan fingerprint density at radius 2 is 2.12 bits per heavy atom. The predicted molar refractivity (Wildman–Crippen MR) is 86.8 cm³/mol. The van der Waals surface area contributed by atoms with E-state index in [-0.39, 0.29) is 17.1 Å². The highest BCUT2D eigenvalue weighted by molar-refractivity contribution is 7.89. The van der Waals surface area contributed by atoms with Crippen LogP contribution in [0.25, 0.3) is 0 Å². The van der Waals surface area contributed by atoms with E-state index in [1.54, 1.807) is 18.5 Å². The highest BCUT2D eigenvalue weighted by Crippen LogP contribution is 2.29. The Morgan fingerprint density at radius 1 is 1.29 bits per heavy atom. The van der Waals surface area contributed by atoms with Crippen LogP contribution in [0.1, 0.15) is 11.6 Å². The molecule has 1 aliphatic rings. The molecule has 0 radical (unpaired) electrons. The molecule has 2 aromatic rings. The molecule has 0 aliphatic carbocycles. The number of non-ortho nitro benzene ring substituents is 1. The zero-order valence-electron chi connectivity index (χ0n) is 12.7. The van der Waals surface area contributed by atoms with Crippen molar-refractivity contribution in [1.82, 2.24) is 14.6 Å². The van der Waals surface area contributed by atoms with Crippen LogP contribution < -0.4 is 5.32 Å². The number of nitro groups is 1. The van der Waals surface area contributed by atoms with E-state index in [9.17, 15) is 18.5 Å². The van der Waals surface area contributed by atoms with Gasteiger partial charge in [0, 0.05) is 44.2 Å². The van der Waals surface area contributed by atoms with E-state index in [1.165, 1.54) is 22.5 Å². The second-order valence-corrected chi connectivity index (χ2v) is 7.27. The minimum absolute atomic E-state index is 0.0764. The number of pyridine rings is 1. The van der Waals surface area contributed by atoms with Crippen molar-refractivity contribution in [2.24, 2.45) is 0 Å². The molecule has 1 unspecified atom stereocenters. The fourth-order valence-corrected chi connectivity index (χ4v) is 4.38. The van der Waals surface area contributed by atoms with Crippen LogP contribution in [0.5, 0.6) is 0 Å². The molecule has 9 heteroatoms. The molecule has 126 valence electrons. The lowest BCUT2D eigenvalue weighted by atomic mass is 10.1. The van der Waals surface area contributed by atoms with Crippen molar-refractivity contribution in [3.05, 3.63) is 64.5 Å². The van der Waals surface area contributed by atoms with Crippen molar-refractivity contribution in [3.63, 3.8) is 0 Å². The summed E-state index contributed by atoms with van der Waals surface area (Å²) in [5, 5.41) is 14.1. The lowest BCUT2D eigenvalue weighted by Gasteiger charge is -2.35. The molecule has 1 aromatic heterocycles. The normalized spacial score (nSPS) is 19.1. The van der Waals surface area contributed by atoms with E-state index in [2.05, 4.69) is 10.3 Å². The number of piperazine rings is 1. The van der Waals surface area contributed by atoms with E-state index in [0.29, 0.717) is 13.1 Å². The second-order valence-electron chi connectivity index (χ2n) is 5.38. The number of nitrogens with zero attached hydrogens (tertiary/aromatic N) is 3. The van der Waals surface area contributed by atoms with E-state index in [1.807, 2.05) is 6.07 Å². The van der Waals surface area contributed by atoms with Crippen LogP contribution in [0.15, 0.2) is 53.7 Å². The summed E-state index contributed by atoms with van der Waals surface area (Å²) in [5.41, 5.74) is 0.530. The molecule has 3 rings (SSSR count). The average Bonchev–Trinajstić information content (AvgIpc) is 2.62. The van der Waals surface area contributed by atoms with E-state index < -0.39 is 21.0 Å². The molecular weight excluding hydrogens is 332 g/mol. The van der Waals surface area contributed by atoms with Gasteiger partial charge in [-0.15, -0.1) is 0 Å². The number of nitro benzene ring substituents is 1. The molecule has 0 spiro atoms. The fraction of sp³-hybridized carbons (Fsp3) is 0.267. The third-order valence-electron chi connectivity index (χ3n) is 3.90. The van der Waals surface area contributed by atoms with Gasteiger partial charge in [-0.3, -0.25) is 15.1 Å². The Balaban J connectivity index is 2.00. The average molecular weight is 348 g/mol. The quantitative estimate of drug-likeness (QED) is 0.660. The molecule has 1 aliphatic heterocycles. The summed E-state index contributed by atoms with van der Waals surface area (Å²) in [4.78, 5) is 14.3. The van der Waals surface area contributed by atoms with Crippen molar-refractivity contribution in [1.29, 1.82) is 0 Å². The van der Waals surface area contributed by atoms with Crippen molar-refractivity contribution < 1.29 is 13.3 Å². The van der Waals surface area contributed by atoms with Crippen LogP contribution in [0.3, 0.4) is 0 Å². The summed E-state index contributed by atoms with van der Waals surface area (Å²) in [7, 11) is -3.85. The molecular formula is C15H16N4O4S. The van der Waals surface area contributed by atoms with Crippen LogP contribution in [0, 0.1) is 10.1 Å². The molecule has 1 N–H and O–H groups in total. The summed E-state index contributed by atoms with van der Waals surface area (Å²) < 4.78 is 27.4. The van der Waals surface area contributed by atoms with Gasteiger partial charge in [0.1, 0.15) is 0 Å². The SMILES string of the molecule is O=[N+]([O-])c1cccc(S(=O)(=O)N2CCNCC2c2cccnc2)c1. The van der Waals surface area contributed by atoms with Gasteiger partial charge in [0.15, 0.2) is 0 Å². The predicted octanol–water partition coefficient (Wildman–Crippen LogP) is 1.32. The van der Waals surface area contributed by atoms with Gasteiger partial charge in [-0.2, -0.15) is 4.31 Å². The zero-order valence-corrected chi connectivity index (χ0v) is 13.5. The Hall–Kier alpha value is -2.36. The maximum absolute atomic E-state index is 13.0. The second kappa shape index (κ2) is 6.63. The lowest BCUT2D eigenvalue weighted by Crippen LogP contribution is -2.48. The highest BCUT2D eigenvalue weighted by atomic mass is 32.2. The van der Waals surface area contributed by atoms with Gasteiger partial charge >= 0.3 is 0 Å². The summed E-state index contributed by atoms with van der Waals surface area (Å²) in [6.07, 6.45) is 3.26. The van der Waals surface area contributed by atoms with Crippen LogP contribution in [0.4, 0.5) is 5.69 Å². The summed E-state index contributed by atoms with van der Waals surface area (Å²) in [6.45, 7) is 1.26. The molecule has 1 saturated heterocycles. The van der Waals surface area contributed by atoms with E-state index in [0.717, 1.165) is 11.6 Å². The van der Waals surface area contributed by atoms with Crippen molar-refractivity contribution in [2.45, 2.75) is 10.9 Å². The van der Waals surface area contributed by atoms with Gasteiger partial charge in [-0.05, 0) is 17.7 Å². The number of hydrogen-bond donors (Lipinski definition) is 1. The number of rotatable bonds is 4. The standard InChI is InChI=1S/C15H16N4O4S/c20-19(21)13-4-1-5-14(9-13)24(22,23)18-8-7-17-11-15(18)12-3-2-6-16-10-12/h1-6,9-10,15,17H,7-8,11H2. The molecule has 0 bridgehead atoms. The van der Waals surface area contributed by atoms with Crippen molar-refractivity contribution in [3.8, 4) is 0 Å². The van der Waals surface area contributed by atoms with E-state index in [4.69, 9.17) is 0 Å². The molecule has 2 heterocycles. The Labute approximate surface area is 139 Å². The van der Waals surface area contributed by atoms with Gasteiger partial charge < -0.3 is 5.32 Å². The maximum Gasteiger partial charge on any atom is 0.270 e. The van der Waals surface area contributed by atoms with Crippen LogP contribution in [-0.2, 0) is 10.0 Å². The van der Waals surface area contributed by atoms with Gasteiger partial charge in [0.05, 0.1) is 15.9 Å². The first kappa shape index (κ1) is 16.5. The zero-order chi connectivity index (χ0) is 17.2. The minimum atomic E-state index is -3.85. The molecule has 0 amide bonds. The van der Waals surface area contributed by atoms with Crippen LogP contribution in [0.2, 0.25) is 0 Å². The van der Waals surface area contributed by atoms with E-state index >= 15 is 0 Å². The molecule has 0 saturated carbocycles. The van der Waals surface area contributed by atoms with Gasteiger partial charge in [0.25, 0.3) is 5.69 Å². The van der Waals surface area contributed by atoms with Gasteiger partial charge in [-0.1, -0.05) is 12.1 Å². The Morgan fingerprint density at radius 3 is 2.83 bits per heavy atom. The Kier molecular flexibility index (Phi) is 4.56. The van der Waals surface area contributed by atoms with Gasteiger partial charge in [-0.25, -0.2) is 8.42 Å². The van der Waals surface area contributed by atoms with Crippen LogP contribution >= 0.6 is 0 Å². The molecule has 1 atom stereocenters. The molecule has 24 heavy (non-hydrogen) atoms. The molecule has 1 aromatic carbocycles. The Bertz CT molecular complexity index is 842. The third-order valence-corrected chi connectivity index (χ3v) is 5.80. The number of benzene rings is 1. The third kappa shape index (κ3) is 3.14. The fourth-order valence-electron chi connectivity index (χ4n) is 2.72. The summed E-state index contributed by atoms with van der Waals surface area (Å²) >= 11 is 0. The lowest BCUT2D eigenvalue weighted by molar-refractivity contribution is -0.385. The largest absolute Gasteiger partial charge is 0.313 e. The van der Waals surface area contributed by atoms with Gasteiger partial charge in [0.2, 0.25) is 10.0 Å². The maximum atomic E-state index is 13.0. The van der Waals surface area contributed by atoms with Crippen molar-refractivity contribution >= 4 is 15.7 Å². The highest BCUT2D eigenvalue weighted by Gasteiger charge is 2.35. The smallest absolute Gasteiger partial charge is 0.270 e. The first-order chi connectivity index (χ1) is 11.5. The molecule has 8 nitrogen and oxygen atoms in total. The number of aromatic nitrogens is 1.